The second-order valence-electron chi connectivity index (χ2n) is 4.18. The molecule has 0 radical (unpaired) electrons. The third kappa shape index (κ3) is 3.46. The molecule has 4 heteroatoms. The van der Waals surface area contributed by atoms with Crippen molar-refractivity contribution in [1.82, 2.24) is 15.1 Å². The van der Waals surface area contributed by atoms with Gasteiger partial charge in [-0.15, -0.1) is 0 Å². The fourth-order valence-electron chi connectivity index (χ4n) is 1.70. The molecule has 0 atom stereocenters. The summed E-state index contributed by atoms with van der Waals surface area (Å²) in [5, 5.41) is 7.57. The summed E-state index contributed by atoms with van der Waals surface area (Å²) in [6, 6.07) is 4.07. The van der Waals surface area contributed by atoms with Crippen molar-refractivity contribution >= 4 is 0 Å². The molecule has 0 saturated heterocycles. The predicted octanol–water partition coefficient (Wildman–Crippen LogP) is 2.14. The van der Waals surface area contributed by atoms with Crippen molar-refractivity contribution in [2.45, 2.75) is 33.4 Å². The summed E-state index contributed by atoms with van der Waals surface area (Å²) < 4.78 is 7.55. The van der Waals surface area contributed by atoms with Crippen LogP contribution in [0.2, 0.25) is 0 Å². The normalized spacial score (nSPS) is 10.9. The third-order valence-electron chi connectivity index (χ3n) is 2.65. The molecule has 0 saturated carbocycles. The number of rotatable bonds is 6. The Balaban J connectivity index is 1.69. The highest BCUT2D eigenvalue weighted by atomic mass is 16.3. The molecule has 17 heavy (non-hydrogen) atoms. The Bertz CT molecular complexity index is 459. The lowest BCUT2D eigenvalue weighted by molar-refractivity contribution is 0.443. The van der Waals surface area contributed by atoms with Gasteiger partial charge in [0.2, 0.25) is 0 Å². The zero-order valence-corrected chi connectivity index (χ0v) is 10.4. The van der Waals surface area contributed by atoms with Crippen LogP contribution in [0.15, 0.2) is 28.9 Å². The Morgan fingerprint density at radius 1 is 1.35 bits per heavy atom. The highest BCUT2D eigenvalue weighted by Crippen LogP contribution is 2.07. The Kier molecular flexibility index (Phi) is 3.98. The van der Waals surface area contributed by atoms with E-state index in [-0.39, 0.29) is 0 Å². The van der Waals surface area contributed by atoms with E-state index in [0.717, 1.165) is 37.6 Å². The summed E-state index contributed by atoms with van der Waals surface area (Å²) in [6.45, 7) is 6.70. The van der Waals surface area contributed by atoms with Crippen molar-refractivity contribution in [3.05, 3.63) is 41.6 Å². The van der Waals surface area contributed by atoms with Crippen molar-refractivity contribution < 1.29 is 4.42 Å². The van der Waals surface area contributed by atoms with Gasteiger partial charge in [0.15, 0.2) is 0 Å². The minimum atomic E-state index is 0.778. The van der Waals surface area contributed by atoms with Crippen LogP contribution >= 0.6 is 0 Å². The molecule has 0 spiro atoms. The molecule has 92 valence electrons. The van der Waals surface area contributed by atoms with Gasteiger partial charge in [-0.25, -0.2) is 0 Å². The zero-order valence-electron chi connectivity index (χ0n) is 10.4. The van der Waals surface area contributed by atoms with E-state index >= 15 is 0 Å². The SMILES string of the molecule is CCc1ccc(CNCCn2cc(C)cn2)o1. The summed E-state index contributed by atoms with van der Waals surface area (Å²) in [5.41, 5.74) is 1.20. The molecule has 0 aliphatic rings. The lowest BCUT2D eigenvalue weighted by Crippen LogP contribution is -2.19. The second kappa shape index (κ2) is 5.68. The van der Waals surface area contributed by atoms with Crippen LogP contribution in [0, 0.1) is 6.92 Å². The summed E-state index contributed by atoms with van der Waals surface area (Å²) in [4.78, 5) is 0. The van der Waals surface area contributed by atoms with E-state index in [0.29, 0.717) is 0 Å². The molecule has 0 aliphatic carbocycles. The maximum absolute atomic E-state index is 5.60. The number of furan rings is 1. The average Bonchev–Trinajstić information content (AvgIpc) is 2.93. The van der Waals surface area contributed by atoms with Crippen LogP contribution in [-0.2, 0) is 19.5 Å². The minimum absolute atomic E-state index is 0.778. The molecule has 2 aromatic heterocycles. The monoisotopic (exact) mass is 233 g/mol. The first kappa shape index (κ1) is 11.9. The minimum Gasteiger partial charge on any atom is -0.465 e. The Morgan fingerprint density at radius 2 is 2.18 bits per heavy atom. The molecular formula is C13H19N3O. The van der Waals surface area contributed by atoms with Gasteiger partial charge in [-0.1, -0.05) is 6.92 Å². The molecule has 2 aromatic rings. The van der Waals surface area contributed by atoms with Gasteiger partial charge in [0.05, 0.1) is 19.3 Å². The van der Waals surface area contributed by atoms with Crippen molar-refractivity contribution in [3.63, 3.8) is 0 Å². The molecule has 0 aromatic carbocycles. The lowest BCUT2D eigenvalue weighted by atomic mass is 10.3. The first-order chi connectivity index (χ1) is 8.28. The summed E-state index contributed by atoms with van der Waals surface area (Å²) in [6.07, 6.45) is 4.87. The van der Waals surface area contributed by atoms with E-state index in [1.807, 2.05) is 36.1 Å². The number of aryl methyl sites for hydroxylation is 2. The van der Waals surface area contributed by atoms with Gasteiger partial charge >= 0.3 is 0 Å². The molecule has 2 rings (SSSR count). The number of nitrogens with one attached hydrogen (secondary N) is 1. The van der Waals surface area contributed by atoms with E-state index in [9.17, 15) is 0 Å². The Morgan fingerprint density at radius 3 is 2.82 bits per heavy atom. The van der Waals surface area contributed by atoms with Crippen LogP contribution in [-0.4, -0.2) is 16.3 Å². The smallest absolute Gasteiger partial charge is 0.117 e. The Labute approximate surface area is 102 Å². The fraction of sp³-hybridized carbons (Fsp3) is 0.462. The standard InChI is InChI=1S/C13H19N3O/c1-3-12-4-5-13(17-12)9-14-6-7-16-10-11(2)8-15-16/h4-5,8,10,14H,3,6-7,9H2,1-2H3. The van der Waals surface area contributed by atoms with Crippen LogP contribution < -0.4 is 5.32 Å². The maximum Gasteiger partial charge on any atom is 0.117 e. The highest BCUT2D eigenvalue weighted by molar-refractivity contribution is 5.06. The van der Waals surface area contributed by atoms with Gasteiger partial charge in [-0.2, -0.15) is 5.10 Å². The summed E-state index contributed by atoms with van der Waals surface area (Å²) in [5.74, 6) is 2.04. The van der Waals surface area contributed by atoms with Crippen LogP contribution in [0.1, 0.15) is 24.0 Å². The molecular weight excluding hydrogens is 214 g/mol. The summed E-state index contributed by atoms with van der Waals surface area (Å²) in [7, 11) is 0. The van der Waals surface area contributed by atoms with Crippen molar-refractivity contribution in [1.29, 1.82) is 0 Å². The number of aromatic nitrogens is 2. The molecule has 4 nitrogen and oxygen atoms in total. The van der Waals surface area contributed by atoms with Crippen molar-refractivity contribution in [3.8, 4) is 0 Å². The van der Waals surface area contributed by atoms with Crippen LogP contribution in [0.4, 0.5) is 0 Å². The van der Waals surface area contributed by atoms with Crippen molar-refractivity contribution in [2.24, 2.45) is 0 Å². The van der Waals surface area contributed by atoms with Gasteiger partial charge in [-0.3, -0.25) is 4.68 Å². The van der Waals surface area contributed by atoms with Gasteiger partial charge in [0, 0.05) is 19.2 Å². The van der Waals surface area contributed by atoms with E-state index in [1.54, 1.807) is 0 Å². The number of nitrogens with zero attached hydrogens (tertiary/aromatic N) is 2. The van der Waals surface area contributed by atoms with Crippen LogP contribution in [0.25, 0.3) is 0 Å². The van der Waals surface area contributed by atoms with E-state index in [4.69, 9.17) is 4.42 Å². The molecule has 0 bridgehead atoms. The predicted molar refractivity (Wildman–Crippen MR) is 66.8 cm³/mol. The van der Waals surface area contributed by atoms with E-state index < -0.39 is 0 Å². The molecule has 2 heterocycles. The molecule has 0 fully saturated rings. The quantitative estimate of drug-likeness (QED) is 0.777. The van der Waals surface area contributed by atoms with Gasteiger partial charge in [-0.05, 0) is 24.6 Å². The maximum atomic E-state index is 5.60. The van der Waals surface area contributed by atoms with E-state index in [1.165, 1.54) is 5.56 Å². The zero-order chi connectivity index (χ0) is 12.1. The number of hydrogen-bond donors (Lipinski definition) is 1. The van der Waals surface area contributed by atoms with Crippen LogP contribution in [0.5, 0.6) is 0 Å². The molecule has 0 aliphatic heterocycles. The topological polar surface area (TPSA) is 43.0 Å². The number of hydrogen-bond acceptors (Lipinski definition) is 3. The molecule has 1 N–H and O–H groups in total. The van der Waals surface area contributed by atoms with Gasteiger partial charge in [0.25, 0.3) is 0 Å². The lowest BCUT2D eigenvalue weighted by Gasteiger charge is -2.03. The molecule has 0 amide bonds. The van der Waals surface area contributed by atoms with Crippen molar-refractivity contribution in [2.75, 3.05) is 6.54 Å². The third-order valence-corrected chi connectivity index (χ3v) is 2.65. The first-order valence-electron chi connectivity index (χ1n) is 6.05. The van der Waals surface area contributed by atoms with Gasteiger partial charge in [0.1, 0.15) is 11.5 Å². The van der Waals surface area contributed by atoms with Gasteiger partial charge < -0.3 is 9.73 Å². The highest BCUT2D eigenvalue weighted by Gasteiger charge is 1.99. The van der Waals surface area contributed by atoms with Crippen LogP contribution in [0.3, 0.4) is 0 Å². The molecule has 0 unspecified atom stereocenters. The fourth-order valence-corrected chi connectivity index (χ4v) is 1.70. The average molecular weight is 233 g/mol. The Hall–Kier alpha value is -1.55. The summed E-state index contributed by atoms with van der Waals surface area (Å²) >= 11 is 0. The first-order valence-corrected chi connectivity index (χ1v) is 6.05. The second-order valence-corrected chi connectivity index (χ2v) is 4.18. The largest absolute Gasteiger partial charge is 0.465 e. The van der Waals surface area contributed by atoms with E-state index in [2.05, 4.69) is 17.3 Å².